The molecule has 0 atom stereocenters. The number of carbonyl (C=O) groups excluding carboxylic acids is 1. The molecule has 0 bridgehead atoms. The minimum absolute atomic E-state index is 0.0531. The summed E-state index contributed by atoms with van der Waals surface area (Å²) in [7, 11) is 2.09. The SMILES string of the molecule is Cc1cccc(C(=O)C=C2c3ccc4ccccc4c3CC(C)(C)N2C)c1. The van der Waals surface area contributed by atoms with E-state index in [1.165, 1.54) is 16.3 Å². The lowest BCUT2D eigenvalue weighted by atomic mass is 9.81. The summed E-state index contributed by atoms with van der Waals surface area (Å²) < 4.78 is 0. The van der Waals surface area contributed by atoms with Crippen molar-refractivity contribution >= 4 is 22.3 Å². The quantitative estimate of drug-likeness (QED) is 0.438. The van der Waals surface area contributed by atoms with Gasteiger partial charge < -0.3 is 4.90 Å². The predicted octanol–water partition coefficient (Wildman–Crippen LogP) is 5.64. The van der Waals surface area contributed by atoms with E-state index in [1.54, 1.807) is 0 Å². The van der Waals surface area contributed by atoms with E-state index in [4.69, 9.17) is 0 Å². The number of carbonyl (C=O) groups is 1. The molecule has 0 spiro atoms. The van der Waals surface area contributed by atoms with Crippen LogP contribution in [0, 0.1) is 6.92 Å². The maximum atomic E-state index is 13.0. The zero-order valence-corrected chi connectivity index (χ0v) is 16.4. The first-order valence-electron chi connectivity index (χ1n) is 9.44. The summed E-state index contributed by atoms with van der Waals surface area (Å²) >= 11 is 0. The Hall–Kier alpha value is -2.87. The number of hydrogen-bond acceptors (Lipinski definition) is 2. The number of aryl methyl sites for hydroxylation is 1. The number of benzene rings is 3. The van der Waals surface area contributed by atoms with Gasteiger partial charge in [-0.3, -0.25) is 4.79 Å². The lowest BCUT2D eigenvalue weighted by molar-refractivity contribution is 0.104. The van der Waals surface area contributed by atoms with Crippen molar-refractivity contribution in [2.24, 2.45) is 0 Å². The minimum atomic E-state index is -0.0597. The summed E-state index contributed by atoms with van der Waals surface area (Å²) in [4.78, 5) is 15.2. The van der Waals surface area contributed by atoms with Crippen molar-refractivity contribution in [3.8, 4) is 0 Å². The molecular weight excluding hydrogens is 330 g/mol. The Morgan fingerprint density at radius 1 is 1.04 bits per heavy atom. The number of fused-ring (bicyclic) bond motifs is 3. The molecule has 0 saturated heterocycles. The van der Waals surface area contributed by atoms with E-state index in [2.05, 4.69) is 62.2 Å². The topological polar surface area (TPSA) is 20.3 Å². The molecule has 1 aliphatic rings. The molecule has 1 aliphatic heterocycles. The van der Waals surface area contributed by atoms with Gasteiger partial charge >= 0.3 is 0 Å². The Balaban J connectivity index is 1.90. The van der Waals surface area contributed by atoms with Crippen LogP contribution >= 0.6 is 0 Å². The third-order valence-corrected chi connectivity index (χ3v) is 5.77. The van der Waals surface area contributed by atoms with Crippen molar-refractivity contribution in [3.63, 3.8) is 0 Å². The Morgan fingerprint density at radius 3 is 2.59 bits per heavy atom. The predicted molar refractivity (Wildman–Crippen MR) is 113 cm³/mol. The van der Waals surface area contributed by atoms with E-state index in [1.807, 2.05) is 37.3 Å². The van der Waals surface area contributed by atoms with E-state index in [0.29, 0.717) is 0 Å². The normalized spacial score (nSPS) is 17.2. The second-order valence-corrected chi connectivity index (χ2v) is 8.12. The molecule has 1 heterocycles. The van der Waals surface area contributed by atoms with Crippen LogP contribution in [-0.4, -0.2) is 23.3 Å². The van der Waals surface area contributed by atoms with Gasteiger partial charge in [-0.1, -0.05) is 60.2 Å². The monoisotopic (exact) mass is 355 g/mol. The third kappa shape index (κ3) is 3.06. The number of rotatable bonds is 2. The molecule has 27 heavy (non-hydrogen) atoms. The van der Waals surface area contributed by atoms with Crippen LogP contribution < -0.4 is 0 Å². The van der Waals surface area contributed by atoms with E-state index in [-0.39, 0.29) is 11.3 Å². The fraction of sp³-hybridized carbons (Fsp3) is 0.240. The molecule has 0 saturated carbocycles. The van der Waals surface area contributed by atoms with E-state index in [9.17, 15) is 4.79 Å². The first-order valence-corrected chi connectivity index (χ1v) is 9.44. The number of likely N-dealkylation sites (N-methyl/N-ethyl adjacent to an activating group) is 1. The molecule has 136 valence electrons. The minimum Gasteiger partial charge on any atom is -0.369 e. The average molecular weight is 355 g/mol. The van der Waals surface area contributed by atoms with Crippen molar-refractivity contribution in [1.29, 1.82) is 0 Å². The Labute approximate surface area is 161 Å². The van der Waals surface area contributed by atoms with Gasteiger partial charge in [-0.15, -0.1) is 0 Å². The standard InChI is InChI=1S/C25H25NO/c1-17-8-7-10-19(14-17)24(27)15-23-21-13-12-18-9-5-6-11-20(18)22(21)16-25(2,3)26(23)4/h5-15H,16H2,1-4H3. The fourth-order valence-corrected chi connectivity index (χ4v) is 4.00. The van der Waals surface area contributed by atoms with Gasteiger partial charge in [0.2, 0.25) is 0 Å². The number of nitrogens with zero attached hydrogens (tertiary/aromatic N) is 1. The molecule has 4 rings (SSSR count). The molecule has 3 aromatic carbocycles. The van der Waals surface area contributed by atoms with Crippen LogP contribution in [0.3, 0.4) is 0 Å². The summed E-state index contributed by atoms with van der Waals surface area (Å²) in [5.74, 6) is 0.0531. The van der Waals surface area contributed by atoms with Crippen LogP contribution in [0.25, 0.3) is 16.5 Å². The summed E-state index contributed by atoms with van der Waals surface area (Å²) in [6.07, 6.45) is 2.76. The number of ketones is 1. The molecule has 0 N–H and O–H groups in total. The molecule has 0 unspecified atom stereocenters. The van der Waals surface area contributed by atoms with Gasteiger partial charge in [0.25, 0.3) is 0 Å². The molecular formula is C25H25NO. The second-order valence-electron chi connectivity index (χ2n) is 8.12. The van der Waals surface area contributed by atoms with Gasteiger partial charge in [0.15, 0.2) is 5.78 Å². The van der Waals surface area contributed by atoms with Crippen molar-refractivity contribution in [1.82, 2.24) is 4.90 Å². The van der Waals surface area contributed by atoms with Crippen molar-refractivity contribution in [3.05, 3.63) is 89.0 Å². The summed E-state index contributed by atoms with van der Waals surface area (Å²) in [6.45, 7) is 6.49. The number of hydrogen-bond donors (Lipinski definition) is 0. The molecule has 0 radical (unpaired) electrons. The lowest BCUT2D eigenvalue weighted by Gasteiger charge is -2.44. The first kappa shape index (κ1) is 17.5. The highest BCUT2D eigenvalue weighted by Gasteiger charge is 2.34. The molecule has 2 nitrogen and oxygen atoms in total. The van der Waals surface area contributed by atoms with E-state index >= 15 is 0 Å². The van der Waals surface area contributed by atoms with Gasteiger partial charge in [-0.05, 0) is 49.6 Å². The zero-order valence-electron chi connectivity index (χ0n) is 16.4. The molecule has 0 fully saturated rings. The zero-order chi connectivity index (χ0) is 19.2. The molecule has 0 amide bonds. The highest BCUT2D eigenvalue weighted by atomic mass is 16.1. The average Bonchev–Trinajstić information content (AvgIpc) is 2.65. The Bertz CT molecular complexity index is 1070. The third-order valence-electron chi connectivity index (χ3n) is 5.77. The fourth-order valence-electron chi connectivity index (χ4n) is 4.00. The smallest absolute Gasteiger partial charge is 0.187 e. The Kier molecular flexibility index (Phi) is 4.15. The first-order chi connectivity index (χ1) is 12.9. The summed E-state index contributed by atoms with van der Waals surface area (Å²) in [6, 6.07) is 20.6. The van der Waals surface area contributed by atoms with Crippen LogP contribution in [0.5, 0.6) is 0 Å². The molecule has 0 aromatic heterocycles. The number of allylic oxidation sites excluding steroid dienone is 1. The van der Waals surface area contributed by atoms with Crippen molar-refractivity contribution in [2.75, 3.05) is 7.05 Å². The van der Waals surface area contributed by atoms with Crippen LogP contribution in [0.1, 0.15) is 40.9 Å². The summed E-state index contributed by atoms with van der Waals surface area (Å²) in [5, 5.41) is 2.53. The molecule has 2 heteroatoms. The largest absolute Gasteiger partial charge is 0.369 e. The van der Waals surface area contributed by atoms with Crippen LogP contribution in [-0.2, 0) is 6.42 Å². The maximum absolute atomic E-state index is 13.0. The summed E-state index contributed by atoms with van der Waals surface area (Å²) in [5.41, 5.74) is 5.27. The van der Waals surface area contributed by atoms with Gasteiger partial charge in [0.05, 0.1) is 0 Å². The molecule has 3 aromatic rings. The van der Waals surface area contributed by atoms with Crippen molar-refractivity contribution in [2.45, 2.75) is 32.7 Å². The van der Waals surface area contributed by atoms with Crippen LogP contribution in [0.2, 0.25) is 0 Å². The second kappa shape index (κ2) is 6.38. The van der Waals surface area contributed by atoms with Crippen molar-refractivity contribution < 1.29 is 4.79 Å². The van der Waals surface area contributed by atoms with E-state index < -0.39 is 0 Å². The van der Waals surface area contributed by atoms with Crippen LogP contribution in [0.4, 0.5) is 0 Å². The Morgan fingerprint density at radius 2 is 1.81 bits per heavy atom. The molecule has 0 aliphatic carbocycles. The lowest BCUT2D eigenvalue weighted by Crippen LogP contribution is -2.45. The van der Waals surface area contributed by atoms with Gasteiger partial charge in [-0.2, -0.15) is 0 Å². The maximum Gasteiger partial charge on any atom is 0.187 e. The van der Waals surface area contributed by atoms with Crippen LogP contribution in [0.15, 0.2) is 66.7 Å². The highest BCUT2D eigenvalue weighted by Crippen LogP contribution is 2.40. The van der Waals surface area contributed by atoms with Gasteiger partial charge in [0, 0.05) is 35.5 Å². The van der Waals surface area contributed by atoms with E-state index in [0.717, 1.165) is 28.8 Å². The highest BCUT2D eigenvalue weighted by molar-refractivity contribution is 6.09. The van der Waals surface area contributed by atoms with Gasteiger partial charge in [0.1, 0.15) is 0 Å². The van der Waals surface area contributed by atoms with Gasteiger partial charge in [-0.25, -0.2) is 0 Å².